The Morgan fingerprint density at radius 3 is 1.76 bits per heavy atom. The summed E-state index contributed by atoms with van der Waals surface area (Å²) in [4.78, 5) is 36.5. The highest BCUT2D eigenvalue weighted by Gasteiger charge is 2.16. The number of Topliss-reactive ketones (excluding diaryl/α,β-unsaturated/α-hetero) is 1. The lowest BCUT2D eigenvalue weighted by Gasteiger charge is -2.01. The Morgan fingerprint density at radius 2 is 1.33 bits per heavy atom. The van der Waals surface area contributed by atoms with Gasteiger partial charge in [-0.25, -0.2) is 9.79 Å². The van der Waals surface area contributed by atoms with Crippen molar-refractivity contribution in [2.24, 2.45) is 4.99 Å². The number of ketones is 1. The first-order valence-electron chi connectivity index (χ1n) is 7.84. The molecule has 1 amide bonds. The molecule has 21 heavy (non-hydrogen) atoms. The summed E-state index contributed by atoms with van der Waals surface area (Å²) in [6, 6.07) is 0. The molecule has 0 aliphatic rings. The Labute approximate surface area is 126 Å². The molecule has 0 fully saturated rings. The number of amides is 1. The number of aliphatic carboxylic acids is 1. The SMILES string of the molecule is CCCCCCCCCCCC(=O)N=C(C(C)=O)C(=O)O. The van der Waals surface area contributed by atoms with E-state index in [4.69, 9.17) is 5.11 Å². The van der Waals surface area contributed by atoms with Crippen LogP contribution in [-0.2, 0) is 14.4 Å². The quantitative estimate of drug-likeness (QED) is 0.339. The van der Waals surface area contributed by atoms with Gasteiger partial charge >= 0.3 is 5.97 Å². The molecule has 0 saturated heterocycles. The zero-order chi connectivity index (χ0) is 16.1. The van der Waals surface area contributed by atoms with Crippen LogP contribution in [0.1, 0.15) is 78.1 Å². The second-order valence-electron chi connectivity index (χ2n) is 5.29. The van der Waals surface area contributed by atoms with Crippen LogP contribution in [0.4, 0.5) is 0 Å². The summed E-state index contributed by atoms with van der Waals surface area (Å²) in [7, 11) is 0. The van der Waals surface area contributed by atoms with E-state index in [1.165, 1.54) is 38.5 Å². The van der Waals surface area contributed by atoms with Crippen LogP contribution in [0, 0.1) is 0 Å². The number of nitrogens with zero attached hydrogens (tertiary/aromatic N) is 1. The van der Waals surface area contributed by atoms with Crippen molar-refractivity contribution in [3.8, 4) is 0 Å². The molecule has 0 aromatic carbocycles. The third-order valence-corrected chi connectivity index (χ3v) is 3.27. The molecule has 0 heterocycles. The van der Waals surface area contributed by atoms with Gasteiger partial charge in [-0.15, -0.1) is 0 Å². The lowest BCUT2D eigenvalue weighted by atomic mass is 10.1. The molecule has 0 aliphatic carbocycles. The van der Waals surface area contributed by atoms with Crippen LogP contribution in [0.25, 0.3) is 0 Å². The molecule has 0 bridgehead atoms. The molecule has 120 valence electrons. The zero-order valence-electron chi connectivity index (χ0n) is 13.2. The van der Waals surface area contributed by atoms with Crippen molar-refractivity contribution in [3.05, 3.63) is 0 Å². The number of carbonyl (C=O) groups is 3. The third kappa shape index (κ3) is 10.9. The van der Waals surface area contributed by atoms with Crippen molar-refractivity contribution < 1.29 is 19.5 Å². The van der Waals surface area contributed by atoms with Crippen LogP contribution in [0.3, 0.4) is 0 Å². The molecule has 0 aliphatic heterocycles. The van der Waals surface area contributed by atoms with E-state index in [1.54, 1.807) is 0 Å². The first-order chi connectivity index (χ1) is 9.99. The highest BCUT2D eigenvalue weighted by Crippen LogP contribution is 2.10. The minimum atomic E-state index is -1.44. The van der Waals surface area contributed by atoms with E-state index < -0.39 is 23.4 Å². The van der Waals surface area contributed by atoms with E-state index in [0.29, 0.717) is 6.42 Å². The Hall–Kier alpha value is -1.52. The topological polar surface area (TPSA) is 83.8 Å². The smallest absolute Gasteiger partial charge is 0.358 e. The predicted molar refractivity (Wildman–Crippen MR) is 82.6 cm³/mol. The summed E-state index contributed by atoms with van der Waals surface area (Å²) < 4.78 is 0. The van der Waals surface area contributed by atoms with E-state index in [-0.39, 0.29) is 6.42 Å². The molecule has 0 spiro atoms. The number of hydrogen-bond acceptors (Lipinski definition) is 3. The van der Waals surface area contributed by atoms with Crippen LogP contribution < -0.4 is 0 Å². The van der Waals surface area contributed by atoms with Crippen molar-refractivity contribution in [2.75, 3.05) is 0 Å². The highest BCUT2D eigenvalue weighted by molar-refractivity contribution is 6.64. The normalized spacial score (nSPS) is 11.4. The molecular weight excluding hydrogens is 270 g/mol. The van der Waals surface area contributed by atoms with Crippen LogP contribution in [-0.4, -0.2) is 28.5 Å². The maximum atomic E-state index is 11.5. The number of unbranched alkanes of at least 4 members (excludes halogenated alkanes) is 8. The number of aliphatic imine (C=N–C) groups is 1. The van der Waals surface area contributed by atoms with Gasteiger partial charge in [0.05, 0.1) is 0 Å². The number of hydrogen-bond donors (Lipinski definition) is 1. The monoisotopic (exact) mass is 297 g/mol. The maximum absolute atomic E-state index is 11.5. The molecule has 0 unspecified atom stereocenters. The molecule has 0 rings (SSSR count). The average molecular weight is 297 g/mol. The lowest BCUT2D eigenvalue weighted by molar-refractivity contribution is -0.130. The van der Waals surface area contributed by atoms with Gasteiger partial charge in [-0.1, -0.05) is 58.3 Å². The Kier molecular flexibility index (Phi) is 11.4. The maximum Gasteiger partial charge on any atom is 0.358 e. The summed E-state index contributed by atoms with van der Waals surface area (Å²) >= 11 is 0. The van der Waals surface area contributed by atoms with E-state index in [1.807, 2.05) is 0 Å². The van der Waals surface area contributed by atoms with Crippen molar-refractivity contribution in [3.63, 3.8) is 0 Å². The van der Waals surface area contributed by atoms with Gasteiger partial charge in [-0.05, 0) is 6.42 Å². The van der Waals surface area contributed by atoms with Crippen LogP contribution in [0.5, 0.6) is 0 Å². The van der Waals surface area contributed by atoms with Gasteiger partial charge in [0.1, 0.15) is 0 Å². The van der Waals surface area contributed by atoms with Gasteiger partial charge in [0.15, 0.2) is 11.5 Å². The standard InChI is InChI=1S/C16H27NO4/c1-3-4-5-6-7-8-9-10-11-12-14(19)17-15(13(2)18)16(20)21/h3-12H2,1-2H3,(H,20,21). The van der Waals surface area contributed by atoms with Gasteiger partial charge in [0.2, 0.25) is 5.91 Å². The minimum Gasteiger partial charge on any atom is -0.476 e. The highest BCUT2D eigenvalue weighted by atomic mass is 16.4. The first kappa shape index (κ1) is 19.5. The Balaban J connectivity index is 3.73. The fourth-order valence-corrected chi connectivity index (χ4v) is 2.04. The van der Waals surface area contributed by atoms with Gasteiger partial charge < -0.3 is 5.11 Å². The molecule has 0 aromatic heterocycles. The van der Waals surface area contributed by atoms with Crippen molar-refractivity contribution >= 4 is 23.4 Å². The van der Waals surface area contributed by atoms with Crippen LogP contribution in [0.15, 0.2) is 4.99 Å². The number of carboxylic acids is 1. The molecular formula is C16H27NO4. The largest absolute Gasteiger partial charge is 0.476 e. The number of carboxylic acid groups (broad SMARTS) is 1. The van der Waals surface area contributed by atoms with E-state index in [0.717, 1.165) is 19.8 Å². The third-order valence-electron chi connectivity index (χ3n) is 3.27. The Bertz CT molecular complexity index is 358. The van der Waals surface area contributed by atoms with Gasteiger partial charge in [-0.3, -0.25) is 9.59 Å². The van der Waals surface area contributed by atoms with E-state index in [9.17, 15) is 14.4 Å². The van der Waals surface area contributed by atoms with Crippen molar-refractivity contribution in [1.29, 1.82) is 0 Å². The molecule has 0 saturated carbocycles. The molecule has 5 heteroatoms. The van der Waals surface area contributed by atoms with Crippen molar-refractivity contribution in [2.45, 2.75) is 78.1 Å². The second kappa shape index (κ2) is 12.2. The van der Waals surface area contributed by atoms with Crippen LogP contribution in [0.2, 0.25) is 0 Å². The van der Waals surface area contributed by atoms with Gasteiger partial charge in [0, 0.05) is 13.3 Å². The number of rotatable bonds is 12. The molecule has 0 radical (unpaired) electrons. The van der Waals surface area contributed by atoms with Gasteiger partial charge in [-0.2, -0.15) is 0 Å². The number of carbonyl (C=O) groups excluding carboxylic acids is 2. The Morgan fingerprint density at radius 1 is 0.857 bits per heavy atom. The van der Waals surface area contributed by atoms with Gasteiger partial charge in [0.25, 0.3) is 0 Å². The predicted octanol–water partition coefficient (Wildman–Crippen LogP) is 3.55. The average Bonchev–Trinajstić information content (AvgIpc) is 2.42. The van der Waals surface area contributed by atoms with E-state index in [2.05, 4.69) is 11.9 Å². The molecule has 0 atom stereocenters. The summed E-state index contributed by atoms with van der Waals surface area (Å²) in [5, 5.41) is 8.72. The summed E-state index contributed by atoms with van der Waals surface area (Å²) in [5.41, 5.74) is -0.670. The zero-order valence-corrected chi connectivity index (χ0v) is 13.2. The molecule has 1 N–H and O–H groups in total. The summed E-state index contributed by atoms with van der Waals surface area (Å²) in [6.07, 6.45) is 10.5. The van der Waals surface area contributed by atoms with Crippen molar-refractivity contribution in [1.82, 2.24) is 0 Å². The van der Waals surface area contributed by atoms with Crippen LogP contribution >= 0.6 is 0 Å². The first-order valence-corrected chi connectivity index (χ1v) is 7.84. The molecule has 0 aromatic rings. The lowest BCUT2D eigenvalue weighted by Crippen LogP contribution is -2.22. The van der Waals surface area contributed by atoms with E-state index >= 15 is 0 Å². The summed E-state index contributed by atoms with van der Waals surface area (Å²) in [5.74, 6) is -2.66. The second-order valence-corrected chi connectivity index (χ2v) is 5.29. The fourth-order valence-electron chi connectivity index (χ4n) is 2.04. The fraction of sp³-hybridized carbons (Fsp3) is 0.750. The minimum absolute atomic E-state index is 0.208. The summed E-state index contributed by atoms with van der Waals surface area (Å²) in [6.45, 7) is 3.29. The molecule has 5 nitrogen and oxygen atoms in total.